The van der Waals surface area contributed by atoms with Gasteiger partial charge in [0.1, 0.15) is 4.90 Å². The van der Waals surface area contributed by atoms with Crippen molar-refractivity contribution in [3.63, 3.8) is 0 Å². The van der Waals surface area contributed by atoms with Crippen LogP contribution in [0.2, 0.25) is 0 Å². The molecule has 2 aliphatic carbocycles. The van der Waals surface area contributed by atoms with E-state index in [4.69, 9.17) is 10.8 Å². The van der Waals surface area contributed by atoms with E-state index in [1.807, 2.05) is 4.90 Å². The summed E-state index contributed by atoms with van der Waals surface area (Å²) in [4.78, 5) is 13.1. The Morgan fingerprint density at radius 3 is 2.54 bits per heavy atom. The van der Waals surface area contributed by atoms with Gasteiger partial charge < -0.3 is 10.8 Å². The van der Waals surface area contributed by atoms with Gasteiger partial charge in [0.25, 0.3) is 0 Å². The molecule has 0 aliphatic heterocycles. The topological polar surface area (TPSA) is 113 Å². The van der Waals surface area contributed by atoms with Gasteiger partial charge in [-0.15, -0.1) is 0 Å². The minimum atomic E-state index is -3.64. The van der Waals surface area contributed by atoms with Crippen molar-refractivity contribution in [1.29, 1.82) is 0 Å². The first kappa shape index (κ1) is 17.2. The molecule has 0 unspecified atom stereocenters. The molecule has 0 amide bonds. The first-order valence-electron chi connectivity index (χ1n) is 8.18. The predicted octanol–water partition coefficient (Wildman–Crippen LogP) is 0.875. The van der Waals surface area contributed by atoms with E-state index < -0.39 is 16.0 Å². The lowest BCUT2D eigenvalue weighted by atomic mass is 9.86. The van der Waals surface area contributed by atoms with E-state index in [1.165, 1.54) is 6.07 Å². The number of nitrogens with two attached hydrogens (primary N) is 1. The lowest BCUT2D eigenvalue weighted by Gasteiger charge is -2.42. The molecule has 0 saturated heterocycles. The molecule has 2 fully saturated rings. The number of aliphatic carboxylic acids is 1. The van der Waals surface area contributed by atoms with Crippen molar-refractivity contribution in [2.45, 2.75) is 42.7 Å². The second-order valence-electron chi connectivity index (χ2n) is 6.75. The Bertz CT molecular complexity index is 712. The quantitative estimate of drug-likeness (QED) is 0.598. The molecule has 0 aromatic heterocycles. The van der Waals surface area contributed by atoms with E-state index in [0.717, 1.165) is 19.4 Å². The van der Waals surface area contributed by atoms with Crippen molar-refractivity contribution >= 4 is 21.7 Å². The summed E-state index contributed by atoms with van der Waals surface area (Å²) in [6.07, 6.45) is 3.58. The van der Waals surface area contributed by atoms with Crippen LogP contribution in [0.3, 0.4) is 0 Å². The summed E-state index contributed by atoms with van der Waals surface area (Å²) in [6.45, 7) is 0.814. The number of nitrogens with one attached hydrogen (secondary N) is 1. The van der Waals surface area contributed by atoms with Crippen LogP contribution in [-0.2, 0) is 14.8 Å². The third kappa shape index (κ3) is 4.06. The van der Waals surface area contributed by atoms with Crippen LogP contribution in [0.1, 0.15) is 25.7 Å². The van der Waals surface area contributed by atoms with Crippen molar-refractivity contribution < 1.29 is 18.3 Å². The zero-order chi connectivity index (χ0) is 17.3. The maximum absolute atomic E-state index is 12.4. The molecule has 0 heterocycles. The maximum atomic E-state index is 12.4. The minimum absolute atomic E-state index is 0.0201. The Morgan fingerprint density at radius 2 is 1.96 bits per heavy atom. The number of anilines is 1. The normalized spacial score (nSPS) is 23.9. The van der Waals surface area contributed by atoms with Crippen molar-refractivity contribution in [3.05, 3.63) is 24.3 Å². The highest BCUT2D eigenvalue weighted by atomic mass is 32.2. The lowest BCUT2D eigenvalue weighted by molar-refractivity contribution is -0.139. The van der Waals surface area contributed by atoms with E-state index in [1.54, 1.807) is 18.2 Å². The van der Waals surface area contributed by atoms with Gasteiger partial charge in [0, 0.05) is 18.6 Å². The van der Waals surface area contributed by atoms with Crippen molar-refractivity contribution in [3.8, 4) is 0 Å². The SMILES string of the molecule is Nc1ccccc1S(=O)(=O)NC1CC(N(CC(=O)O)CC2CC2)C1. The van der Waals surface area contributed by atoms with Gasteiger partial charge in [-0.3, -0.25) is 9.69 Å². The number of hydrogen-bond donors (Lipinski definition) is 3. The van der Waals surface area contributed by atoms with Crippen LogP contribution < -0.4 is 10.5 Å². The number of carbonyl (C=O) groups is 1. The molecule has 0 spiro atoms. The molecule has 0 radical (unpaired) electrons. The van der Waals surface area contributed by atoms with E-state index in [2.05, 4.69) is 4.72 Å². The summed E-state index contributed by atoms with van der Waals surface area (Å²) in [7, 11) is -3.64. The predicted molar refractivity (Wildman–Crippen MR) is 89.9 cm³/mol. The fraction of sp³-hybridized carbons (Fsp3) is 0.562. The fourth-order valence-corrected chi connectivity index (χ4v) is 4.53. The molecule has 24 heavy (non-hydrogen) atoms. The zero-order valence-electron chi connectivity index (χ0n) is 13.4. The number of nitrogen functional groups attached to an aromatic ring is 1. The van der Waals surface area contributed by atoms with E-state index in [0.29, 0.717) is 18.8 Å². The van der Waals surface area contributed by atoms with Gasteiger partial charge in [-0.1, -0.05) is 12.1 Å². The van der Waals surface area contributed by atoms with E-state index in [-0.39, 0.29) is 29.2 Å². The highest BCUT2D eigenvalue weighted by molar-refractivity contribution is 7.89. The summed E-state index contributed by atoms with van der Waals surface area (Å²) in [5, 5.41) is 9.05. The highest BCUT2D eigenvalue weighted by Crippen LogP contribution is 2.34. The average Bonchev–Trinajstić information content (AvgIpc) is 3.25. The summed E-state index contributed by atoms with van der Waals surface area (Å²) in [5.41, 5.74) is 5.97. The molecule has 0 atom stereocenters. The van der Waals surface area contributed by atoms with Gasteiger partial charge in [0.2, 0.25) is 10.0 Å². The number of rotatable bonds is 8. The van der Waals surface area contributed by atoms with Gasteiger partial charge in [0.15, 0.2) is 0 Å². The summed E-state index contributed by atoms with van der Waals surface area (Å²) in [6, 6.07) is 6.33. The Kier molecular flexibility index (Phi) is 4.80. The van der Waals surface area contributed by atoms with Gasteiger partial charge in [0.05, 0.1) is 12.2 Å². The molecular formula is C16H23N3O4S. The molecule has 7 nitrogen and oxygen atoms in total. The van der Waals surface area contributed by atoms with Crippen LogP contribution in [0.5, 0.6) is 0 Å². The maximum Gasteiger partial charge on any atom is 0.317 e. The number of benzene rings is 1. The van der Waals surface area contributed by atoms with Crippen molar-refractivity contribution in [1.82, 2.24) is 9.62 Å². The standard InChI is InChI=1S/C16H23N3O4S/c17-14-3-1-2-4-15(14)24(22,23)18-12-7-13(8-12)19(10-16(20)21)9-11-5-6-11/h1-4,11-13,18H,5-10,17H2,(H,20,21). The third-order valence-electron chi connectivity index (χ3n) is 4.69. The first-order chi connectivity index (χ1) is 11.3. The number of hydrogen-bond acceptors (Lipinski definition) is 5. The monoisotopic (exact) mass is 353 g/mol. The highest BCUT2D eigenvalue weighted by Gasteiger charge is 2.39. The number of nitrogens with zero attached hydrogens (tertiary/aromatic N) is 1. The Labute approximate surface area is 141 Å². The van der Waals surface area contributed by atoms with Crippen LogP contribution in [0.4, 0.5) is 5.69 Å². The molecular weight excluding hydrogens is 330 g/mol. The van der Waals surface area contributed by atoms with E-state index in [9.17, 15) is 13.2 Å². The minimum Gasteiger partial charge on any atom is -0.480 e. The summed E-state index contributed by atoms with van der Waals surface area (Å²) < 4.78 is 27.5. The van der Waals surface area contributed by atoms with Crippen LogP contribution in [0.15, 0.2) is 29.2 Å². The summed E-state index contributed by atoms with van der Waals surface area (Å²) >= 11 is 0. The van der Waals surface area contributed by atoms with Gasteiger partial charge in [-0.05, 0) is 43.7 Å². The molecule has 8 heteroatoms. The number of para-hydroxylation sites is 1. The van der Waals surface area contributed by atoms with Crippen LogP contribution in [0.25, 0.3) is 0 Å². The summed E-state index contributed by atoms with van der Waals surface area (Å²) in [5.74, 6) is -0.235. The van der Waals surface area contributed by atoms with Crippen LogP contribution in [0, 0.1) is 5.92 Å². The second-order valence-corrected chi connectivity index (χ2v) is 8.43. The third-order valence-corrected chi connectivity index (χ3v) is 6.28. The van der Waals surface area contributed by atoms with E-state index >= 15 is 0 Å². The van der Waals surface area contributed by atoms with Gasteiger partial charge in [-0.25, -0.2) is 13.1 Å². The molecule has 4 N–H and O–H groups in total. The van der Waals surface area contributed by atoms with Crippen LogP contribution in [-0.4, -0.2) is 49.6 Å². The molecule has 3 rings (SSSR count). The van der Waals surface area contributed by atoms with Crippen molar-refractivity contribution in [2.24, 2.45) is 5.92 Å². The lowest BCUT2D eigenvalue weighted by Crippen LogP contribution is -2.55. The van der Waals surface area contributed by atoms with Gasteiger partial charge >= 0.3 is 5.97 Å². The Morgan fingerprint density at radius 1 is 1.29 bits per heavy atom. The molecule has 1 aromatic carbocycles. The molecule has 2 aliphatic rings. The smallest absolute Gasteiger partial charge is 0.317 e. The Hall–Kier alpha value is -1.64. The van der Waals surface area contributed by atoms with Crippen molar-refractivity contribution in [2.75, 3.05) is 18.8 Å². The number of carboxylic acid groups (broad SMARTS) is 1. The number of sulfonamides is 1. The Balaban J connectivity index is 1.57. The molecule has 1 aromatic rings. The fourth-order valence-electron chi connectivity index (χ4n) is 3.14. The van der Waals surface area contributed by atoms with Crippen LogP contribution >= 0.6 is 0 Å². The molecule has 2 saturated carbocycles. The number of carboxylic acids is 1. The zero-order valence-corrected chi connectivity index (χ0v) is 14.2. The second kappa shape index (κ2) is 6.70. The first-order valence-corrected chi connectivity index (χ1v) is 9.66. The van der Waals surface area contributed by atoms with Gasteiger partial charge in [-0.2, -0.15) is 0 Å². The molecule has 0 bridgehead atoms. The largest absolute Gasteiger partial charge is 0.480 e. The molecule has 132 valence electrons. The average molecular weight is 353 g/mol.